The Morgan fingerprint density at radius 1 is 1.17 bits per heavy atom. The Labute approximate surface area is 148 Å². The molecule has 2 aliphatic rings. The molecule has 1 amide bonds. The molecule has 2 aliphatic heterocycles. The van der Waals surface area contributed by atoms with Gasteiger partial charge in [-0.15, -0.1) is 11.8 Å². The topological polar surface area (TPSA) is 47.3 Å². The molecule has 1 aromatic carbocycles. The molecule has 24 heavy (non-hydrogen) atoms. The first-order chi connectivity index (χ1) is 11.8. The minimum Gasteiger partial charge on any atom is -0.337 e. The number of hydrogen-bond acceptors (Lipinski definition) is 4. The van der Waals surface area contributed by atoms with E-state index in [1.54, 1.807) is 0 Å². The summed E-state index contributed by atoms with van der Waals surface area (Å²) in [6.07, 6.45) is 4.63. The fraction of sp³-hybridized carbons (Fsp3) is 0.579. The number of carbonyl (C=O) groups excluding carboxylic acids is 1. The molecule has 0 N–H and O–H groups in total. The lowest BCUT2D eigenvalue weighted by Crippen LogP contribution is -2.48. The van der Waals surface area contributed by atoms with Crippen LogP contribution in [0.1, 0.15) is 31.2 Å². The molecule has 0 unspecified atom stereocenters. The number of thioether (sulfide) groups is 1. The van der Waals surface area contributed by atoms with Crippen LogP contribution >= 0.6 is 11.8 Å². The molecule has 0 aromatic heterocycles. The summed E-state index contributed by atoms with van der Waals surface area (Å²) in [4.78, 5) is 17.2. The summed E-state index contributed by atoms with van der Waals surface area (Å²) in [6, 6.07) is 13.6. The molecule has 2 fully saturated rings. The van der Waals surface area contributed by atoms with E-state index in [1.807, 2.05) is 0 Å². The van der Waals surface area contributed by atoms with Crippen LogP contribution in [0, 0.1) is 11.3 Å². The Kier molecular flexibility index (Phi) is 6.17. The molecule has 0 radical (unpaired) electrons. The van der Waals surface area contributed by atoms with Crippen molar-refractivity contribution in [3.8, 4) is 6.07 Å². The van der Waals surface area contributed by atoms with E-state index in [2.05, 4.69) is 46.2 Å². The van der Waals surface area contributed by atoms with Gasteiger partial charge in [0.1, 0.15) is 0 Å². The second-order valence-electron chi connectivity index (χ2n) is 6.61. The zero-order chi connectivity index (χ0) is 16.8. The number of carbonyl (C=O) groups is 1. The Balaban J connectivity index is 1.62. The molecular formula is C19H25N3OS. The SMILES string of the molecule is N#CCSCC(=O)N1CCC[C@@H]1[C@H]1CCCN1Cc1ccccc1. The van der Waals surface area contributed by atoms with Crippen LogP contribution in [0.4, 0.5) is 0 Å². The van der Waals surface area contributed by atoms with Crippen LogP contribution < -0.4 is 0 Å². The predicted octanol–water partition coefficient (Wildman–Crippen LogP) is 2.90. The highest BCUT2D eigenvalue weighted by atomic mass is 32.2. The summed E-state index contributed by atoms with van der Waals surface area (Å²) < 4.78 is 0. The summed E-state index contributed by atoms with van der Waals surface area (Å²) in [5.41, 5.74) is 1.35. The number of nitriles is 1. The maximum absolute atomic E-state index is 12.5. The number of amides is 1. The molecule has 1 aromatic rings. The summed E-state index contributed by atoms with van der Waals surface area (Å²) in [7, 11) is 0. The van der Waals surface area contributed by atoms with Gasteiger partial charge in [-0.3, -0.25) is 9.69 Å². The number of nitrogens with zero attached hydrogens (tertiary/aromatic N) is 3. The Morgan fingerprint density at radius 3 is 2.71 bits per heavy atom. The van der Waals surface area contributed by atoms with Gasteiger partial charge in [0, 0.05) is 25.2 Å². The summed E-state index contributed by atoms with van der Waals surface area (Å²) in [5, 5.41) is 8.64. The molecule has 4 nitrogen and oxygen atoms in total. The fourth-order valence-corrected chi connectivity index (χ4v) is 4.60. The number of rotatable bonds is 6. The largest absolute Gasteiger partial charge is 0.337 e. The smallest absolute Gasteiger partial charge is 0.232 e. The van der Waals surface area contributed by atoms with Crippen LogP contribution in [0.5, 0.6) is 0 Å². The number of benzene rings is 1. The van der Waals surface area contributed by atoms with Gasteiger partial charge in [0.2, 0.25) is 5.91 Å². The van der Waals surface area contributed by atoms with Crippen LogP contribution in [0.3, 0.4) is 0 Å². The summed E-state index contributed by atoms with van der Waals surface area (Å²) in [6.45, 7) is 2.99. The van der Waals surface area contributed by atoms with E-state index in [0.717, 1.165) is 32.5 Å². The van der Waals surface area contributed by atoms with Crippen LogP contribution in [0.15, 0.2) is 30.3 Å². The predicted molar refractivity (Wildman–Crippen MR) is 97.5 cm³/mol. The van der Waals surface area contributed by atoms with Crippen molar-refractivity contribution in [2.24, 2.45) is 0 Å². The van der Waals surface area contributed by atoms with Crippen molar-refractivity contribution in [3.05, 3.63) is 35.9 Å². The van der Waals surface area contributed by atoms with Crippen molar-refractivity contribution in [1.29, 1.82) is 5.26 Å². The zero-order valence-corrected chi connectivity index (χ0v) is 14.9. The zero-order valence-electron chi connectivity index (χ0n) is 14.1. The van der Waals surface area contributed by atoms with Gasteiger partial charge in [0.05, 0.1) is 17.6 Å². The van der Waals surface area contributed by atoms with E-state index in [0.29, 0.717) is 23.6 Å². The Hall–Kier alpha value is -1.51. The molecule has 0 spiro atoms. The van der Waals surface area contributed by atoms with E-state index in [4.69, 9.17) is 5.26 Å². The molecule has 5 heteroatoms. The molecule has 2 atom stereocenters. The Morgan fingerprint density at radius 2 is 1.92 bits per heavy atom. The van der Waals surface area contributed by atoms with E-state index in [9.17, 15) is 4.79 Å². The third kappa shape index (κ3) is 4.12. The molecule has 0 aliphatic carbocycles. The highest BCUT2D eigenvalue weighted by Crippen LogP contribution is 2.31. The third-order valence-corrected chi connectivity index (χ3v) is 5.88. The maximum atomic E-state index is 12.5. The molecule has 2 heterocycles. The van der Waals surface area contributed by atoms with Crippen LogP contribution in [0.25, 0.3) is 0 Å². The van der Waals surface area contributed by atoms with E-state index >= 15 is 0 Å². The molecular weight excluding hydrogens is 318 g/mol. The van der Waals surface area contributed by atoms with Gasteiger partial charge in [-0.25, -0.2) is 0 Å². The van der Waals surface area contributed by atoms with Crippen molar-refractivity contribution in [2.45, 2.75) is 44.3 Å². The van der Waals surface area contributed by atoms with Crippen molar-refractivity contribution < 1.29 is 4.79 Å². The van der Waals surface area contributed by atoms with Gasteiger partial charge in [-0.05, 0) is 37.8 Å². The van der Waals surface area contributed by atoms with Gasteiger partial charge in [0.25, 0.3) is 0 Å². The van der Waals surface area contributed by atoms with Gasteiger partial charge in [0.15, 0.2) is 0 Å². The van der Waals surface area contributed by atoms with Crippen molar-refractivity contribution in [1.82, 2.24) is 9.80 Å². The highest BCUT2D eigenvalue weighted by Gasteiger charge is 2.39. The van der Waals surface area contributed by atoms with E-state index in [1.165, 1.54) is 30.2 Å². The van der Waals surface area contributed by atoms with E-state index < -0.39 is 0 Å². The normalized spacial score (nSPS) is 24.2. The maximum Gasteiger partial charge on any atom is 0.232 e. The van der Waals surface area contributed by atoms with Gasteiger partial charge in [-0.2, -0.15) is 5.26 Å². The first-order valence-corrected chi connectivity index (χ1v) is 9.97. The second kappa shape index (κ2) is 8.55. The molecule has 128 valence electrons. The summed E-state index contributed by atoms with van der Waals surface area (Å²) >= 11 is 1.43. The lowest BCUT2D eigenvalue weighted by Gasteiger charge is -2.35. The van der Waals surface area contributed by atoms with Crippen molar-refractivity contribution in [3.63, 3.8) is 0 Å². The third-order valence-electron chi connectivity index (χ3n) is 5.10. The van der Waals surface area contributed by atoms with Crippen LogP contribution in [0.2, 0.25) is 0 Å². The number of likely N-dealkylation sites (tertiary alicyclic amines) is 2. The van der Waals surface area contributed by atoms with Gasteiger partial charge < -0.3 is 4.90 Å². The first-order valence-electron chi connectivity index (χ1n) is 8.81. The number of hydrogen-bond donors (Lipinski definition) is 0. The fourth-order valence-electron chi connectivity index (χ4n) is 4.07. The molecule has 2 saturated heterocycles. The average molecular weight is 343 g/mol. The highest BCUT2D eigenvalue weighted by molar-refractivity contribution is 8.00. The molecule has 0 bridgehead atoms. The lowest BCUT2D eigenvalue weighted by molar-refractivity contribution is -0.130. The summed E-state index contributed by atoms with van der Waals surface area (Å²) in [5.74, 6) is 1.05. The first kappa shape index (κ1) is 17.3. The van der Waals surface area contributed by atoms with E-state index in [-0.39, 0.29) is 5.91 Å². The standard InChI is InChI=1S/C19H25N3OS/c20-10-13-24-15-19(23)22-12-5-9-18(22)17-8-4-11-21(17)14-16-6-2-1-3-7-16/h1-3,6-7,17-18H,4-5,8-9,11-15H2/t17-,18-/m1/s1. The van der Waals surface area contributed by atoms with Gasteiger partial charge >= 0.3 is 0 Å². The van der Waals surface area contributed by atoms with Crippen molar-refractivity contribution in [2.75, 3.05) is 24.6 Å². The van der Waals surface area contributed by atoms with Gasteiger partial charge in [-0.1, -0.05) is 30.3 Å². The second-order valence-corrected chi connectivity index (χ2v) is 7.60. The van der Waals surface area contributed by atoms with Crippen LogP contribution in [-0.4, -0.2) is 52.4 Å². The van der Waals surface area contributed by atoms with Crippen molar-refractivity contribution >= 4 is 17.7 Å². The van der Waals surface area contributed by atoms with Crippen LogP contribution in [-0.2, 0) is 11.3 Å². The quantitative estimate of drug-likeness (QED) is 0.745. The monoisotopic (exact) mass is 343 g/mol. The molecule has 0 saturated carbocycles. The minimum atomic E-state index is 0.212. The lowest BCUT2D eigenvalue weighted by atomic mass is 10.0. The minimum absolute atomic E-state index is 0.212. The molecule has 3 rings (SSSR count). The average Bonchev–Trinajstić information content (AvgIpc) is 3.24. The Bertz CT molecular complexity index is 586.